The maximum atomic E-state index is 12.5. The van der Waals surface area contributed by atoms with Crippen LogP contribution in [0.25, 0.3) is 10.2 Å². The van der Waals surface area contributed by atoms with Gasteiger partial charge in [-0.2, -0.15) is 13.2 Å². The second kappa shape index (κ2) is 5.86. The van der Waals surface area contributed by atoms with Gasteiger partial charge in [0.05, 0.1) is 15.8 Å². The third kappa shape index (κ3) is 3.23. The molecule has 0 bridgehead atoms. The van der Waals surface area contributed by atoms with E-state index in [4.69, 9.17) is 0 Å². The number of nitrogens with zero attached hydrogens (tertiary/aromatic N) is 2. The molecule has 2 aromatic heterocycles. The van der Waals surface area contributed by atoms with Gasteiger partial charge in [-0.1, -0.05) is 17.4 Å². The van der Waals surface area contributed by atoms with Gasteiger partial charge in [0.25, 0.3) is 5.91 Å². The summed E-state index contributed by atoms with van der Waals surface area (Å²) in [6.45, 7) is 3.90. The highest BCUT2D eigenvalue weighted by Gasteiger charge is 2.32. The summed E-state index contributed by atoms with van der Waals surface area (Å²) in [7, 11) is 0. The topological polar surface area (TPSA) is 54.9 Å². The molecule has 1 N–H and O–H groups in total. The maximum absolute atomic E-state index is 12.5. The number of alkyl halides is 3. The van der Waals surface area contributed by atoms with Crippen molar-refractivity contribution >= 4 is 32.6 Å². The lowest BCUT2D eigenvalue weighted by molar-refractivity contribution is -0.141. The number of carbonyl (C=O) groups is 1. The molecule has 124 valence electrons. The number of nitrogens with one attached hydrogen (secondary N) is 1. The Morgan fingerprint density at radius 3 is 2.58 bits per heavy atom. The van der Waals surface area contributed by atoms with E-state index in [1.807, 2.05) is 26.0 Å². The van der Waals surface area contributed by atoms with Crippen molar-refractivity contribution in [1.82, 2.24) is 9.97 Å². The van der Waals surface area contributed by atoms with Gasteiger partial charge < -0.3 is 0 Å². The number of carbonyl (C=O) groups excluding carboxylic acids is 1. The van der Waals surface area contributed by atoms with Crippen LogP contribution >= 0.6 is 11.3 Å². The molecular weight excluding hydrogens is 339 g/mol. The summed E-state index contributed by atoms with van der Waals surface area (Å²) in [5.74, 6) is -0.551. The predicted molar refractivity (Wildman–Crippen MR) is 86.3 cm³/mol. The van der Waals surface area contributed by atoms with Gasteiger partial charge in [0.15, 0.2) is 5.13 Å². The van der Waals surface area contributed by atoms with Crippen LogP contribution in [0.15, 0.2) is 30.5 Å². The molecule has 0 aliphatic heterocycles. The van der Waals surface area contributed by atoms with E-state index < -0.39 is 17.8 Å². The van der Waals surface area contributed by atoms with E-state index in [0.29, 0.717) is 5.13 Å². The smallest absolute Gasteiger partial charge is 0.298 e. The van der Waals surface area contributed by atoms with Crippen LogP contribution in [0.5, 0.6) is 0 Å². The Labute approximate surface area is 139 Å². The molecule has 0 saturated heterocycles. The molecular formula is C16H12F3N3OS. The lowest BCUT2D eigenvalue weighted by Crippen LogP contribution is -2.14. The Kier molecular flexibility index (Phi) is 4.00. The van der Waals surface area contributed by atoms with Crippen molar-refractivity contribution in [2.75, 3.05) is 5.32 Å². The van der Waals surface area contributed by atoms with Crippen molar-refractivity contribution in [2.45, 2.75) is 20.0 Å². The van der Waals surface area contributed by atoms with E-state index >= 15 is 0 Å². The number of hydrogen-bond acceptors (Lipinski definition) is 4. The Bertz CT molecular complexity index is 917. The fourth-order valence-corrected chi connectivity index (χ4v) is 3.33. The van der Waals surface area contributed by atoms with Crippen LogP contribution in [0.2, 0.25) is 0 Å². The van der Waals surface area contributed by atoms with Gasteiger partial charge in [-0.3, -0.25) is 15.1 Å². The largest absolute Gasteiger partial charge is 0.433 e. The van der Waals surface area contributed by atoms with Crippen LogP contribution in [-0.2, 0) is 6.18 Å². The Balaban J connectivity index is 1.83. The van der Waals surface area contributed by atoms with Gasteiger partial charge in [-0.05, 0) is 43.2 Å². The number of pyridine rings is 1. The number of hydrogen-bond donors (Lipinski definition) is 1. The normalized spacial score (nSPS) is 11.7. The van der Waals surface area contributed by atoms with Crippen molar-refractivity contribution in [3.63, 3.8) is 0 Å². The highest BCUT2D eigenvalue weighted by molar-refractivity contribution is 7.22. The SMILES string of the molecule is Cc1cc(C)c2nc(NC(=O)c3ccc(C(F)(F)F)nc3)sc2c1. The molecule has 0 fully saturated rings. The summed E-state index contributed by atoms with van der Waals surface area (Å²) >= 11 is 1.31. The number of benzene rings is 1. The summed E-state index contributed by atoms with van der Waals surface area (Å²) in [4.78, 5) is 19.8. The number of aromatic nitrogens is 2. The summed E-state index contributed by atoms with van der Waals surface area (Å²) in [5, 5.41) is 2.99. The molecule has 0 radical (unpaired) electrons. The van der Waals surface area contributed by atoms with Gasteiger partial charge in [-0.15, -0.1) is 0 Å². The molecule has 8 heteroatoms. The molecule has 1 aromatic carbocycles. The first-order chi connectivity index (χ1) is 11.2. The molecule has 0 aliphatic rings. The molecule has 0 saturated carbocycles. The first kappa shape index (κ1) is 16.4. The van der Waals surface area contributed by atoms with Crippen LogP contribution in [0.4, 0.5) is 18.3 Å². The second-order valence-corrected chi connectivity index (χ2v) is 6.36. The minimum Gasteiger partial charge on any atom is -0.298 e. The fourth-order valence-electron chi connectivity index (χ4n) is 2.29. The van der Waals surface area contributed by atoms with Crippen LogP contribution in [0.1, 0.15) is 27.2 Å². The minimum atomic E-state index is -4.53. The zero-order chi connectivity index (χ0) is 17.5. The van der Waals surface area contributed by atoms with Crippen LogP contribution in [0.3, 0.4) is 0 Å². The zero-order valence-electron chi connectivity index (χ0n) is 12.7. The Morgan fingerprint density at radius 2 is 1.96 bits per heavy atom. The number of aryl methyl sites for hydroxylation is 2. The van der Waals surface area contributed by atoms with Gasteiger partial charge in [0.1, 0.15) is 5.69 Å². The molecule has 24 heavy (non-hydrogen) atoms. The van der Waals surface area contributed by atoms with E-state index in [0.717, 1.165) is 39.7 Å². The fraction of sp³-hybridized carbons (Fsp3) is 0.188. The van der Waals surface area contributed by atoms with Gasteiger partial charge in [-0.25, -0.2) is 4.98 Å². The molecule has 1 amide bonds. The summed E-state index contributed by atoms with van der Waals surface area (Å²) in [6.07, 6.45) is -3.63. The van der Waals surface area contributed by atoms with E-state index in [-0.39, 0.29) is 5.56 Å². The molecule has 0 spiro atoms. The van der Waals surface area contributed by atoms with Gasteiger partial charge in [0, 0.05) is 6.20 Å². The summed E-state index contributed by atoms with van der Waals surface area (Å²) < 4.78 is 38.4. The third-order valence-electron chi connectivity index (χ3n) is 3.37. The van der Waals surface area contributed by atoms with Crippen LogP contribution < -0.4 is 5.32 Å². The zero-order valence-corrected chi connectivity index (χ0v) is 13.5. The molecule has 0 unspecified atom stereocenters. The average molecular weight is 351 g/mol. The summed E-state index contributed by atoms with van der Waals surface area (Å²) in [6, 6.07) is 5.83. The third-order valence-corrected chi connectivity index (χ3v) is 4.28. The van der Waals surface area contributed by atoms with E-state index in [1.54, 1.807) is 0 Å². The van der Waals surface area contributed by atoms with Crippen molar-refractivity contribution < 1.29 is 18.0 Å². The lowest BCUT2D eigenvalue weighted by Gasteiger charge is -2.06. The number of amides is 1. The van der Waals surface area contributed by atoms with E-state index in [2.05, 4.69) is 15.3 Å². The highest BCUT2D eigenvalue weighted by atomic mass is 32.1. The van der Waals surface area contributed by atoms with Crippen molar-refractivity contribution in [3.05, 3.63) is 52.8 Å². The first-order valence-electron chi connectivity index (χ1n) is 6.96. The van der Waals surface area contributed by atoms with Gasteiger partial charge in [0.2, 0.25) is 0 Å². The maximum Gasteiger partial charge on any atom is 0.433 e. The predicted octanol–water partition coefficient (Wildman–Crippen LogP) is 4.58. The molecule has 0 atom stereocenters. The van der Waals surface area contributed by atoms with Crippen molar-refractivity contribution in [1.29, 1.82) is 0 Å². The van der Waals surface area contributed by atoms with Crippen LogP contribution in [-0.4, -0.2) is 15.9 Å². The van der Waals surface area contributed by atoms with Crippen molar-refractivity contribution in [2.24, 2.45) is 0 Å². The number of thiazole rings is 1. The molecule has 2 heterocycles. The number of halogens is 3. The standard InChI is InChI=1S/C16H12F3N3OS/c1-8-5-9(2)13-11(6-8)24-15(21-13)22-14(23)10-3-4-12(20-7-10)16(17,18)19/h3-7H,1-2H3,(H,21,22,23). The number of anilines is 1. The Hall–Kier alpha value is -2.48. The second-order valence-electron chi connectivity index (χ2n) is 5.33. The monoisotopic (exact) mass is 351 g/mol. The van der Waals surface area contributed by atoms with E-state index in [1.165, 1.54) is 11.3 Å². The quantitative estimate of drug-likeness (QED) is 0.735. The number of fused-ring (bicyclic) bond motifs is 1. The highest BCUT2D eigenvalue weighted by Crippen LogP contribution is 2.30. The number of rotatable bonds is 2. The van der Waals surface area contributed by atoms with Gasteiger partial charge >= 0.3 is 6.18 Å². The van der Waals surface area contributed by atoms with E-state index in [9.17, 15) is 18.0 Å². The molecule has 3 aromatic rings. The Morgan fingerprint density at radius 1 is 1.21 bits per heavy atom. The molecule has 4 nitrogen and oxygen atoms in total. The first-order valence-corrected chi connectivity index (χ1v) is 7.78. The summed E-state index contributed by atoms with van der Waals surface area (Å²) in [5.41, 5.74) is 1.89. The molecule has 3 rings (SSSR count). The molecule has 0 aliphatic carbocycles. The van der Waals surface area contributed by atoms with Crippen LogP contribution in [0, 0.1) is 13.8 Å². The van der Waals surface area contributed by atoms with Crippen molar-refractivity contribution in [3.8, 4) is 0 Å². The average Bonchev–Trinajstić information content (AvgIpc) is 2.89. The minimum absolute atomic E-state index is 0.0372. The lowest BCUT2D eigenvalue weighted by atomic mass is 10.1.